The summed E-state index contributed by atoms with van der Waals surface area (Å²) in [5.74, 6) is 1.09. The Hall–Kier alpha value is -3.07. The fourth-order valence-electron chi connectivity index (χ4n) is 3.13. The van der Waals surface area contributed by atoms with E-state index in [9.17, 15) is 4.79 Å². The van der Waals surface area contributed by atoms with Crippen molar-refractivity contribution < 1.29 is 14.3 Å². The zero-order valence-electron chi connectivity index (χ0n) is 14.7. The Morgan fingerprint density at radius 1 is 0.962 bits per heavy atom. The van der Waals surface area contributed by atoms with Gasteiger partial charge in [-0.15, -0.1) is 0 Å². The smallest absolute Gasteiger partial charge is 0.344 e. The molecule has 0 N–H and O–H groups in total. The third kappa shape index (κ3) is 3.21. The zero-order valence-corrected chi connectivity index (χ0v) is 14.7. The molecular formula is C23H20O3. The number of ether oxygens (including phenoxy) is 2. The van der Waals surface area contributed by atoms with E-state index in [0.717, 1.165) is 29.7 Å². The van der Waals surface area contributed by atoms with E-state index in [0.29, 0.717) is 17.9 Å². The van der Waals surface area contributed by atoms with Crippen LogP contribution in [0, 0.1) is 0 Å². The van der Waals surface area contributed by atoms with E-state index in [1.165, 1.54) is 10.8 Å². The number of cyclic esters (lactones) is 1. The number of allylic oxidation sites excluding steroid dienone is 1. The molecule has 0 aliphatic carbocycles. The minimum Gasteiger partial charge on any atom is -0.489 e. The lowest BCUT2D eigenvalue weighted by molar-refractivity contribution is 0.0715. The maximum absolute atomic E-state index is 12.0. The van der Waals surface area contributed by atoms with Crippen molar-refractivity contribution in [3.8, 4) is 5.75 Å². The van der Waals surface area contributed by atoms with Crippen LogP contribution in [0.1, 0.15) is 41.3 Å². The molecule has 1 heterocycles. The molecule has 0 unspecified atom stereocenters. The van der Waals surface area contributed by atoms with Crippen LogP contribution in [-0.2, 0) is 11.3 Å². The molecule has 130 valence electrons. The number of hydrogen-bond acceptors (Lipinski definition) is 3. The van der Waals surface area contributed by atoms with E-state index >= 15 is 0 Å². The summed E-state index contributed by atoms with van der Waals surface area (Å²) >= 11 is 0. The highest BCUT2D eigenvalue weighted by molar-refractivity contribution is 6.03. The molecular weight excluding hydrogens is 324 g/mol. The summed E-state index contributed by atoms with van der Waals surface area (Å²) < 4.78 is 11.3. The van der Waals surface area contributed by atoms with E-state index in [1.807, 2.05) is 30.3 Å². The summed E-state index contributed by atoms with van der Waals surface area (Å²) in [4.78, 5) is 12.0. The molecule has 0 fully saturated rings. The van der Waals surface area contributed by atoms with E-state index in [1.54, 1.807) is 6.07 Å². The van der Waals surface area contributed by atoms with E-state index in [-0.39, 0.29) is 5.97 Å². The lowest BCUT2D eigenvalue weighted by Gasteiger charge is -2.08. The van der Waals surface area contributed by atoms with E-state index in [4.69, 9.17) is 9.47 Å². The number of fused-ring (bicyclic) bond motifs is 2. The van der Waals surface area contributed by atoms with Crippen molar-refractivity contribution in [1.82, 2.24) is 0 Å². The van der Waals surface area contributed by atoms with Crippen molar-refractivity contribution >= 4 is 22.5 Å². The first-order valence-corrected chi connectivity index (χ1v) is 8.92. The van der Waals surface area contributed by atoms with Crippen LogP contribution in [-0.4, -0.2) is 5.97 Å². The minimum absolute atomic E-state index is 0.288. The van der Waals surface area contributed by atoms with Gasteiger partial charge in [0, 0.05) is 5.56 Å². The second-order valence-corrected chi connectivity index (χ2v) is 6.42. The predicted octanol–water partition coefficient (Wildman–Crippen LogP) is 5.73. The fraction of sp³-hybridized carbons (Fsp3) is 0.174. The zero-order chi connectivity index (χ0) is 17.9. The summed E-state index contributed by atoms with van der Waals surface area (Å²) in [6.07, 6.45) is 3.86. The maximum Gasteiger partial charge on any atom is 0.344 e. The molecule has 4 rings (SSSR count). The van der Waals surface area contributed by atoms with Gasteiger partial charge >= 0.3 is 5.97 Å². The summed E-state index contributed by atoms with van der Waals surface area (Å²) in [5.41, 5.74) is 2.53. The molecule has 1 aliphatic rings. The Morgan fingerprint density at radius 3 is 2.65 bits per heavy atom. The van der Waals surface area contributed by atoms with Crippen molar-refractivity contribution in [3.63, 3.8) is 0 Å². The van der Waals surface area contributed by atoms with Gasteiger partial charge in [-0.3, -0.25) is 0 Å². The Labute approximate surface area is 152 Å². The lowest BCUT2D eigenvalue weighted by Crippen LogP contribution is -1.97. The van der Waals surface area contributed by atoms with Gasteiger partial charge in [0.2, 0.25) is 0 Å². The molecule has 0 amide bonds. The summed E-state index contributed by atoms with van der Waals surface area (Å²) in [5, 5.41) is 2.42. The molecule has 3 aromatic carbocycles. The number of carbonyl (C=O) groups excluding carboxylic acids is 1. The van der Waals surface area contributed by atoms with Gasteiger partial charge in [-0.25, -0.2) is 4.79 Å². The molecule has 0 radical (unpaired) electrons. The predicted molar refractivity (Wildman–Crippen MR) is 103 cm³/mol. The Morgan fingerprint density at radius 2 is 1.81 bits per heavy atom. The third-order valence-corrected chi connectivity index (χ3v) is 4.52. The summed E-state index contributed by atoms with van der Waals surface area (Å²) in [6, 6.07) is 20.1. The van der Waals surface area contributed by atoms with Gasteiger partial charge in [-0.05, 0) is 53.1 Å². The second kappa shape index (κ2) is 7.04. The average Bonchev–Trinajstić information content (AvgIpc) is 2.99. The lowest BCUT2D eigenvalue weighted by atomic mass is 10.1. The molecule has 0 atom stereocenters. The first-order valence-electron chi connectivity index (χ1n) is 8.92. The van der Waals surface area contributed by atoms with Gasteiger partial charge in [-0.2, -0.15) is 0 Å². The van der Waals surface area contributed by atoms with E-state index < -0.39 is 0 Å². The second-order valence-electron chi connectivity index (χ2n) is 6.42. The molecule has 3 heteroatoms. The van der Waals surface area contributed by atoms with E-state index in [2.05, 4.69) is 37.3 Å². The van der Waals surface area contributed by atoms with Crippen molar-refractivity contribution in [2.24, 2.45) is 0 Å². The molecule has 0 bridgehead atoms. The molecule has 1 aliphatic heterocycles. The van der Waals surface area contributed by atoms with Crippen LogP contribution < -0.4 is 4.74 Å². The normalized spacial score (nSPS) is 14.5. The van der Waals surface area contributed by atoms with Crippen molar-refractivity contribution in [3.05, 3.63) is 83.4 Å². The Balaban J connectivity index is 1.54. The van der Waals surface area contributed by atoms with Gasteiger partial charge in [0.05, 0.1) is 5.56 Å². The highest BCUT2D eigenvalue weighted by atomic mass is 16.5. The third-order valence-electron chi connectivity index (χ3n) is 4.52. The number of esters is 1. The standard InChI is InChI=1S/C23H20O3/c1-2-3-8-22-21-14-19(11-12-20(21)23(24)26-22)25-15-16-9-10-17-6-4-5-7-18(17)13-16/h4-14H,2-3,15H2,1H3/b22-8-. The highest BCUT2D eigenvalue weighted by Crippen LogP contribution is 2.33. The van der Waals surface area contributed by atoms with Crippen molar-refractivity contribution in [2.75, 3.05) is 0 Å². The first kappa shape index (κ1) is 16.4. The number of benzene rings is 3. The summed E-state index contributed by atoms with van der Waals surface area (Å²) in [6.45, 7) is 2.57. The molecule has 3 aromatic rings. The molecule has 3 nitrogen and oxygen atoms in total. The average molecular weight is 344 g/mol. The van der Waals surface area contributed by atoms with Gasteiger partial charge in [0.1, 0.15) is 18.1 Å². The van der Waals surface area contributed by atoms with Crippen LogP contribution in [0.2, 0.25) is 0 Å². The molecule has 0 saturated heterocycles. The van der Waals surface area contributed by atoms with Crippen LogP contribution in [0.4, 0.5) is 0 Å². The molecule has 0 spiro atoms. The molecule has 0 saturated carbocycles. The Bertz CT molecular complexity index is 1000. The molecule has 26 heavy (non-hydrogen) atoms. The van der Waals surface area contributed by atoms with Gasteiger partial charge in [-0.1, -0.05) is 49.7 Å². The van der Waals surface area contributed by atoms with Crippen molar-refractivity contribution in [2.45, 2.75) is 26.4 Å². The minimum atomic E-state index is -0.288. The van der Waals surface area contributed by atoms with Crippen molar-refractivity contribution in [1.29, 1.82) is 0 Å². The SMILES string of the molecule is CCC/C=C1\OC(=O)c2ccc(OCc3ccc4ccccc4c3)cc21. The fourth-order valence-corrected chi connectivity index (χ4v) is 3.13. The number of hydrogen-bond donors (Lipinski definition) is 0. The van der Waals surface area contributed by atoms with Crippen LogP contribution in [0.25, 0.3) is 16.5 Å². The summed E-state index contributed by atoms with van der Waals surface area (Å²) in [7, 11) is 0. The maximum atomic E-state index is 12.0. The first-order chi connectivity index (χ1) is 12.7. The quantitative estimate of drug-likeness (QED) is 0.554. The van der Waals surface area contributed by atoms with Gasteiger partial charge in [0.25, 0.3) is 0 Å². The topological polar surface area (TPSA) is 35.5 Å². The number of carbonyl (C=O) groups is 1. The number of unbranched alkanes of at least 4 members (excludes halogenated alkanes) is 1. The highest BCUT2D eigenvalue weighted by Gasteiger charge is 2.26. The van der Waals surface area contributed by atoms with Gasteiger partial charge in [0.15, 0.2) is 0 Å². The van der Waals surface area contributed by atoms with Gasteiger partial charge < -0.3 is 9.47 Å². The van der Waals surface area contributed by atoms with Crippen LogP contribution in [0.15, 0.2) is 66.7 Å². The van der Waals surface area contributed by atoms with Crippen LogP contribution >= 0.6 is 0 Å². The Kier molecular flexibility index (Phi) is 4.44. The monoisotopic (exact) mass is 344 g/mol. The molecule has 0 aromatic heterocycles. The largest absolute Gasteiger partial charge is 0.489 e. The van der Waals surface area contributed by atoms with Crippen LogP contribution in [0.5, 0.6) is 5.75 Å². The number of rotatable bonds is 5. The van der Waals surface area contributed by atoms with Crippen LogP contribution in [0.3, 0.4) is 0 Å².